The molecule has 2 N–H and O–H groups in total. The number of carbonyl (C=O) groups is 2. The van der Waals surface area contributed by atoms with Crippen molar-refractivity contribution in [3.63, 3.8) is 0 Å². The van der Waals surface area contributed by atoms with Gasteiger partial charge in [-0.3, -0.25) is 0 Å². The molecule has 0 radical (unpaired) electrons. The topological polar surface area (TPSA) is 130 Å². The lowest BCUT2D eigenvalue weighted by molar-refractivity contribution is -0.256. The van der Waals surface area contributed by atoms with Gasteiger partial charge in [0, 0.05) is 28.7 Å². The first-order valence-electron chi connectivity index (χ1n) is 7.52. The number of benzene rings is 2. The molecule has 3 rings (SSSR count). The minimum absolute atomic E-state index is 0.0112. The first-order valence-corrected chi connectivity index (χ1v) is 7.52. The third-order valence-electron chi connectivity index (χ3n) is 3.46. The van der Waals surface area contributed by atoms with Crippen LogP contribution in [0.5, 0.6) is 0 Å². The quantitative estimate of drug-likeness (QED) is 0.665. The van der Waals surface area contributed by atoms with Crippen molar-refractivity contribution in [3.05, 3.63) is 71.9 Å². The number of carboxylic acids is 2. The first-order chi connectivity index (χ1) is 12.5. The summed E-state index contributed by atoms with van der Waals surface area (Å²) in [4.78, 5) is 30.6. The Labute approximate surface area is 148 Å². The smallest absolute Gasteiger partial charge is 0.229 e. The molecule has 1 aromatic heterocycles. The van der Waals surface area contributed by atoms with Gasteiger partial charge in [-0.05, 0) is 18.2 Å². The zero-order valence-electron chi connectivity index (χ0n) is 13.3. The van der Waals surface area contributed by atoms with Crippen LogP contribution in [0.1, 0.15) is 20.7 Å². The van der Waals surface area contributed by atoms with Crippen molar-refractivity contribution in [1.82, 2.24) is 9.97 Å². The zero-order chi connectivity index (χ0) is 18.5. The van der Waals surface area contributed by atoms with Crippen molar-refractivity contribution >= 4 is 35.1 Å². The predicted molar refractivity (Wildman–Crippen MR) is 90.1 cm³/mol. The summed E-state index contributed by atoms with van der Waals surface area (Å²) in [7, 11) is 0. The lowest BCUT2D eigenvalue weighted by Gasteiger charge is -2.14. The molecule has 0 spiro atoms. The number of anilines is 4. The van der Waals surface area contributed by atoms with Crippen LogP contribution in [0.15, 0.2) is 60.8 Å². The summed E-state index contributed by atoms with van der Waals surface area (Å²) in [6.45, 7) is 0. The van der Waals surface area contributed by atoms with Gasteiger partial charge in [0.25, 0.3) is 0 Å². The van der Waals surface area contributed by atoms with Crippen molar-refractivity contribution in [3.8, 4) is 0 Å². The fourth-order valence-corrected chi connectivity index (χ4v) is 2.29. The summed E-state index contributed by atoms with van der Waals surface area (Å²) in [5, 5.41) is 28.0. The van der Waals surface area contributed by atoms with Gasteiger partial charge in [0.15, 0.2) is 0 Å². The number of hydrogen-bond donors (Lipinski definition) is 2. The molecule has 0 unspecified atom stereocenters. The molecular formula is C18H12N4O4-2. The maximum atomic E-state index is 11.2. The third kappa shape index (κ3) is 3.75. The molecule has 1 heterocycles. The van der Waals surface area contributed by atoms with Crippen molar-refractivity contribution in [2.45, 2.75) is 0 Å². The molecular weight excluding hydrogens is 336 g/mol. The number of nitrogens with zero attached hydrogens (tertiary/aromatic N) is 2. The normalized spacial score (nSPS) is 10.2. The Morgan fingerprint density at radius 2 is 1.31 bits per heavy atom. The Bertz CT molecular complexity index is 900. The second-order valence-electron chi connectivity index (χ2n) is 5.18. The SMILES string of the molecule is O=C([O-])c1ccccc1Nc1ccnc(Nc2ccccc2C(=O)[O-])n1. The third-order valence-corrected chi connectivity index (χ3v) is 3.46. The van der Waals surface area contributed by atoms with E-state index in [1.807, 2.05) is 0 Å². The number of hydrogen-bond acceptors (Lipinski definition) is 8. The summed E-state index contributed by atoms with van der Waals surface area (Å²) in [5.41, 5.74) is 0.548. The highest BCUT2D eigenvalue weighted by Crippen LogP contribution is 2.22. The van der Waals surface area contributed by atoms with Crippen LogP contribution in [0, 0.1) is 0 Å². The van der Waals surface area contributed by atoms with Gasteiger partial charge in [-0.1, -0.05) is 36.4 Å². The molecule has 0 saturated heterocycles. The molecule has 0 aliphatic carbocycles. The van der Waals surface area contributed by atoms with Crippen LogP contribution in [0.25, 0.3) is 0 Å². The van der Waals surface area contributed by atoms with E-state index in [2.05, 4.69) is 20.6 Å². The Morgan fingerprint density at radius 1 is 0.769 bits per heavy atom. The molecule has 8 heteroatoms. The Kier molecular flexibility index (Phi) is 4.75. The number of aromatic carboxylic acids is 2. The lowest BCUT2D eigenvalue weighted by atomic mass is 10.2. The molecule has 0 aliphatic rings. The fraction of sp³-hybridized carbons (Fsp3) is 0. The molecule has 2 aromatic carbocycles. The van der Waals surface area contributed by atoms with Gasteiger partial charge in [0.05, 0.1) is 11.9 Å². The highest BCUT2D eigenvalue weighted by Gasteiger charge is 2.07. The number of nitrogens with one attached hydrogen (secondary N) is 2. The summed E-state index contributed by atoms with van der Waals surface area (Å²) < 4.78 is 0. The van der Waals surface area contributed by atoms with Crippen molar-refractivity contribution < 1.29 is 19.8 Å². The van der Waals surface area contributed by atoms with Crippen molar-refractivity contribution in [2.75, 3.05) is 10.6 Å². The van der Waals surface area contributed by atoms with Gasteiger partial charge >= 0.3 is 0 Å². The highest BCUT2D eigenvalue weighted by atomic mass is 16.4. The molecule has 0 saturated carbocycles. The summed E-state index contributed by atoms with van der Waals surface area (Å²) in [5.74, 6) is -2.19. The Morgan fingerprint density at radius 3 is 1.88 bits per heavy atom. The predicted octanol–water partition coefficient (Wildman–Crippen LogP) is 0.691. The van der Waals surface area contributed by atoms with Crippen LogP contribution in [-0.4, -0.2) is 21.9 Å². The highest BCUT2D eigenvalue weighted by molar-refractivity contribution is 5.94. The van der Waals surface area contributed by atoms with Gasteiger partial charge in [-0.15, -0.1) is 0 Å². The van der Waals surface area contributed by atoms with E-state index in [0.29, 0.717) is 11.5 Å². The maximum Gasteiger partial charge on any atom is 0.229 e. The Balaban J connectivity index is 1.86. The summed E-state index contributed by atoms with van der Waals surface area (Å²) in [6.07, 6.45) is 1.45. The van der Waals surface area contributed by atoms with E-state index in [-0.39, 0.29) is 22.8 Å². The monoisotopic (exact) mass is 348 g/mol. The molecule has 0 amide bonds. The second kappa shape index (κ2) is 7.31. The summed E-state index contributed by atoms with van der Waals surface area (Å²) in [6, 6.07) is 14.0. The number of carboxylic acid groups (broad SMARTS) is 2. The van der Waals surface area contributed by atoms with E-state index in [4.69, 9.17) is 0 Å². The van der Waals surface area contributed by atoms with Crippen LogP contribution >= 0.6 is 0 Å². The molecule has 0 bridgehead atoms. The van der Waals surface area contributed by atoms with E-state index in [0.717, 1.165) is 0 Å². The van der Waals surface area contributed by atoms with E-state index >= 15 is 0 Å². The molecule has 8 nitrogen and oxygen atoms in total. The number of rotatable bonds is 6. The lowest BCUT2D eigenvalue weighted by Crippen LogP contribution is -2.23. The van der Waals surface area contributed by atoms with Crippen LogP contribution < -0.4 is 20.8 Å². The number of carbonyl (C=O) groups excluding carboxylic acids is 2. The van der Waals surface area contributed by atoms with Crippen LogP contribution in [0.2, 0.25) is 0 Å². The summed E-state index contributed by atoms with van der Waals surface area (Å²) >= 11 is 0. The average Bonchev–Trinajstić information content (AvgIpc) is 2.62. The minimum Gasteiger partial charge on any atom is -0.545 e. The molecule has 3 aromatic rings. The van der Waals surface area contributed by atoms with E-state index in [9.17, 15) is 19.8 Å². The van der Waals surface area contributed by atoms with Crippen LogP contribution in [0.4, 0.5) is 23.1 Å². The zero-order valence-corrected chi connectivity index (χ0v) is 13.3. The first kappa shape index (κ1) is 16.9. The minimum atomic E-state index is -1.33. The van der Waals surface area contributed by atoms with E-state index < -0.39 is 11.9 Å². The number of para-hydroxylation sites is 2. The largest absolute Gasteiger partial charge is 0.545 e. The van der Waals surface area contributed by atoms with Crippen molar-refractivity contribution in [1.29, 1.82) is 0 Å². The van der Waals surface area contributed by atoms with Gasteiger partial charge in [0.1, 0.15) is 5.82 Å². The average molecular weight is 348 g/mol. The molecule has 0 fully saturated rings. The van der Waals surface area contributed by atoms with Crippen molar-refractivity contribution in [2.24, 2.45) is 0 Å². The fourth-order valence-electron chi connectivity index (χ4n) is 2.29. The van der Waals surface area contributed by atoms with E-state index in [1.54, 1.807) is 42.5 Å². The van der Waals surface area contributed by atoms with Crippen LogP contribution in [0.3, 0.4) is 0 Å². The molecule has 26 heavy (non-hydrogen) atoms. The second-order valence-corrected chi connectivity index (χ2v) is 5.18. The molecule has 130 valence electrons. The standard InChI is InChI=1S/C18H14N4O4/c23-16(24)11-5-1-3-7-13(11)20-15-9-10-19-18(22-15)21-14-8-4-2-6-12(14)17(25)26/h1-10H,(H,23,24)(H,25,26)(H2,19,20,21,22)/p-2. The van der Waals surface area contributed by atoms with Gasteiger partial charge in [-0.25, -0.2) is 4.98 Å². The molecule has 0 atom stereocenters. The van der Waals surface area contributed by atoms with Gasteiger partial charge in [-0.2, -0.15) is 4.98 Å². The van der Waals surface area contributed by atoms with Crippen LogP contribution in [-0.2, 0) is 0 Å². The van der Waals surface area contributed by atoms with Gasteiger partial charge in [0.2, 0.25) is 5.95 Å². The van der Waals surface area contributed by atoms with E-state index in [1.165, 1.54) is 18.3 Å². The maximum absolute atomic E-state index is 11.2. The van der Waals surface area contributed by atoms with Gasteiger partial charge < -0.3 is 30.4 Å². The molecule has 0 aliphatic heterocycles. The Hall–Kier alpha value is -3.94. The number of aromatic nitrogens is 2.